The third-order valence-corrected chi connectivity index (χ3v) is 6.03. The highest BCUT2D eigenvalue weighted by Gasteiger charge is 2.29. The van der Waals surface area contributed by atoms with Crippen molar-refractivity contribution in [2.45, 2.75) is 18.5 Å². The summed E-state index contributed by atoms with van der Waals surface area (Å²) in [6.45, 7) is 0. The molecule has 11 heteroatoms. The smallest absolute Gasteiger partial charge is 0.311 e. The van der Waals surface area contributed by atoms with Gasteiger partial charge in [-0.3, -0.25) is 25.0 Å². The molecule has 1 aliphatic heterocycles. The van der Waals surface area contributed by atoms with Gasteiger partial charge in [-0.15, -0.1) is 0 Å². The standard InChI is InChI=1S/C26H24N4O7/c1-36-14-4-6-21(37-2)16(10-14)17-7-13(15(26(34)35)11-22(31)32)8-18(23(17)33)25-29-19-5-3-12(24(27)28)9-20(19)30-25/h3-10,15,25,33H,11H2,1-2H3,(H3,27,28)(H,31,32)(H,34,35). The first-order valence-corrected chi connectivity index (χ1v) is 11.1. The highest BCUT2D eigenvalue weighted by molar-refractivity contribution is 5.94. The number of ether oxygens (including phenoxy) is 2. The number of carbonyl (C=O) groups is 2. The summed E-state index contributed by atoms with van der Waals surface area (Å²) in [5, 5.41) is 39.2. The zero-order chi connectivity index (χ0) is 26.9. The summed E-state index contributed by atoms with van der Waals surface area (Å²) in [4.78, 5) is 32.6. The lowest BCUT2D eigenvalue weighted by atomic mass is 9.89. The lowest BCUT2D eigenvalue weighted by molar-refractivity contribution is -0.145. The average Bonchev–Trinajstić information content (AvgIpc) is 3.30. The fourth-order valence-electron chi connectivity index (χ4n) is 4.17. The summed E-state index contributed by atoms with van der Waals surface area (Å²) in [7, 11) is 2.92. The fourth-order valence-corrected chi connectivity index (χ4v) is 4.17. The Bertz CT molecular complexity index is 1550. The van der Waals surface area contributed by atoms with Crippen LogP contribution in [0.25, 0.3) is 11.1 Å². The van der Waals surface area contributed by atoms with Crippen LogP contribution in [-0.4, -0.2) is 47.3 Å². The number of benzene rings is 3. The number of amidine groups is 1. The third kappa shape index (κ3) is 4.92. The van der Waals surface area contributed by atoms with E-state index in [2.05, 4.69) is 9.98 Å². The average molecular weight is 504 g/mol. The van der Waals surface area contributed by atoms with Crippen LogP contribution in [-0.2, 0) is 9.59 Å². The second kappa shape index (κ2) is 9.97. The van der Waals surface area contributed by atoms with Gasteiger partial charge in [0.2, 0.25) is 0 Å². The number of nitrogens with zero attached hydrogens (tertiary/aromatic N) is 2. The zero-order valence-electron chi connectivity index (χ0n) is 19.9. The maximum atomic E-state index is 12.1. The van der Waals surface area contributed by atoms with E-state index in [1.807, 2.05) is 0 Å². The zero-order valence-corrected chi connectivity index (χ0v) is 19.9. The number of nitrogens with two attached hydrogens (primary N) is 1. The Morgan fingerprint density at radius 1 is 1.00 bits per heavy atom. The molecule has 1 aliphatic rings. The lowest BCUT2D eigenvalue weighted by Gasteiger charge is -2.19. The Labute approximate surface area is 210 Å². The Morgan fingerprint density at radius 3 is 2.35 bits per heavy atom. The summed E-state index contributed by atoms with van der Waals surface area (Å²) < 4.78 is 10.8. The Morgan fingerprint density at radius 2 is 1.73 bits per heavy atom. The number of hydrogen-bond donors (Lipinski definition) is 5. The molecule has 3 aromatic rings. The van der Waals surface area contributed by atoms with Crippen molar-refractivity contribution in [1.29, 1.82) is 5.41 Å². The van der Waals surface area contributed by atoms with E-state index in [1.165, 1.54) is 26.4 Å². The van der Waals surface area contributed by atoms with Gasteiger partial charge in [-0.2, -0.15) is 0 Å². The topological polar surface area (TPSA) is 188 Å². The van der Waals surface area contributed by atoms with Gasteiger partial charge in [-0.25, -0.2) is 0 Å². The molecule has 1 heterocycles. The first-order valence-electron chi connectivity index (χ1n) is 11.1. The molecule has 190 valence electrons. The molecule has 0 aliphatic carbocycles. The van der Waals surface area contributed by atoms with Crippen LogP contribution < -0.4 is 25.9 Å². The minimum atomic E-state index is -1.40. The van der Waals surface area contributed by atoms with E-state index in [9.17, 15) is 24.9 Å². The number of nitrogens with one attached hydrogen (secondary N) is 1. The molecule has 0 saturated carbocycles. The van der Waals surface area contributed by atoms with Crippen LogP contribution in [0.5, 0.6) is 17.2 Å². The molecule has 2 unspecified atom stereocenters. The summed E-state index contributed by atoms with van der Waals surface area (Å²) in [6, 6.07) is 12.6. The van der Waals surface area contributed by atoms with E-state index in [0.29, 0.717) is 33.3 Å². The van der Waals surface area contributed by atoms with Gasteiger partial charge in [-0.05, 0) is 54.1 Å². The van der Waals surface area contributed by atoms with Crippen molar-refractivity contribution in [2.24, 2.45) is 15.7 Å². The number of aromatic hydroxyl groups is 1. The fraction of sp³-hybridized carbons (Fsp3) is 0.192. The quantitative estimate of drug-likeness (QED) is 0.216. The maximum absolute atomic E-state index is 12.1. The second-order valence-corrected chi connectivity index (χ2v) is 8.31. The molecule has 0 saturated heterocycles. The first-order chi connectivity index (χ1) is 17.6. The van der Waals surface area contributed by atoms with Crippen LogP contribution >= 0.6 is 0 Å². The van der Waals surface area contributed by atoms with Crippen molar-refractivity contribution in [3.63, 3.8) is 0 Å². The van der Waals surface area contributed by atoms with Crippen molar-refractivity contribution in [3.8, 4) is 28.4 Å². The molecular formula is C26H24N4O7. The normalized spacial score (nSPS) is 14.6. The molecule has 0 bridgehead atoms. The predicted octanol–water partition coefficient (Wildman–Crippen LogP) is 1.95. The molecule has 0 fully saturated rings. The number of aliphatic carboxylic acids is 2. The van der Waals surface area contributed by atoms with Crippen LogP contribution in [0.2, 0.25) is 0 Å². The monoisotopic (exact) mass is 504 g/mol. The molecular weight excluding hydrogens is 480 g/mol. The largest absolute Gasteiger partial charge is 0.507 e. The second-order valence-electron chi connectivity index (χ2n) is 8.31. The molecule has 2 atom stereocenters. The summed E-state index contributed by atoms with van der Waals surface area (Å²) in [5.41, 5.74) is 6.95. The minimum Gasteiger partial charge on any atom is -0.507 e. The molecule has 4 rings (SSSR count). The SMILES string of the molecule is COc1ccc(OC)c(-c2cc(C(CC(=O)O)C(=O)O)cc(C3N=c4ccc(C(=N)N)cc4=N3)c2O)c1. The lowest BCUT2D eigenvalue weighted by Crippen LogP contribution is -2.24. The Balaban J connectivity index is 1.98. The Hall–Kier alpha value is -4.93. The predicted molar refractivity (Wildman–Crippen MR) is 132 cm³/mol. The number of phenols is 1. The molecule has 0 spiro atoms. The van der Waals surface area contributed by atoms with Gasteiger partial charge in [0.05, 0.1) is 37.3 Å². The van der Waals surface area contributed by atoms with Gasteiger partial charge in [-0.1, -0.05) is 0 Å². The Kier molecular flexibility index (Phi) is 6.79. The van der Waals surface area contributed by atoms with Crippen molar-refractivity contribution in [2.75, 3.05) is 14.2 Å². The highest BCUT2D eigenvalue weighted by Crippen LogP contribution is 2.44. The third-order valence-electron chi connectivity index (χ3n) is 6.03. The number of hydrogen-bond acceptors (Lipinski definition) is 8. The van der Waals surface area contributed by atoms with E-state index in [0.717, 1.165) is 0 Å². The van der Waals surface area contributed by atoms with E-state index in [1.54, 1.807) is 36.4 Å². The number of nitrogen functional groups attached to an aromatic ring is 1. The molecule has 0 aromatic heterocycles. The molecule has 0 radical (unpaired) electrons. The summed E-state index contributed by atoms with van der Waals surface area (Å²) in [5.74, 6) is -3.57. The van der Waals surface area contributed by atoms with Crippen LogP contribution in [0, 0.1) is 5.41 Å². The molecule has 11 nitrogen and oxygen atoms in total. The molecule has 0 amide bonds. The number of rotatable bonds is 9. The van der Waals surface area contributed by atoms with Crippen molar-refractivity contribution >= 4 is 17.8 Å². The number of methoxy groups -OCH3 is 2. The summed E-state index contributed by atoms with van der Waals surface area (Å²) >= 11 is 0. The number of phenolic OH excluding ortho intramolecular Hbond substituents is 1. The van der Waals surface area contributed by atoms with Crippen LogP contribution in [0.15, 0.2) is 58.5 Å². The van der Waals surface area contributed by atoms with Gasteiger partial charge >= 0.3 is 11.9 Å². The first kappa shape index (κ1) is 25.2. The van der Waals surface area contributed by atoms with Crippen LogP contribution in [0.1, 0.15) is 35.2 Å². The van der Waals surface area contributed by atoms with Gasteiger partial charge in [0, 0.05) is 22.3 Å². The molecule has 3 aromatic carbocycles. The van der Waals surface area contributed by atoms with Crippen LogP contribution in [0.3, 0.4) is 0 Å². The van der Waals surface area contributed by atoms with Crippen molar-refractivity contribution in [1.82, 2.24) is 0 Å². The number of carboxylic acid groups (broad SMARTS) is 2. The van der Waals surface area contributed by atoms with E-state index in [-0.39, 0.29) is 28.3 Å². The van der Waals surface area contributed by atoms with Gasteiger partial charge < -0.3 is 30.5 Å². The van der Waals surface area contributed by atoms with E-state index in [4.69, 9.17) is 20.6 Å². The maximum Gasteiger partial charge on any atom is 0.311 e. The van der Waals surface area contributed by atoms with Gasteiger partial charge in [0.25, 0.3) is 0 Å². The number of fused-ring (bicyclic) bond motifs is 1. The molecule has 6 N–H and O–H groups in total. The van der Waals surface area contributed by atoms with E-state index >= 15 is 0 Å². The number of carboxylic acids is 2. The van der Waals surface area contributed by atoms with Gasteiger partial charge in [0.15, 0.2) is 6.17 Å². The van der Waals surface area contributed by atoms with E-state index < -0.39 is 30.4 Å². The highest BCUT2D eigenvalue weighted by atomic mass is 16.5. The van der Waals surface area contributed by atoms with Gasteiger partial charge in [0.1, 0.15) is 23.1 Å². The minimum absolute atomic E-state index is 0.142. The van der Waals surface area contributed by atoms with Crippen LogP contribution in [0.4, 0.5) is 0 Å². The van der Waals surface area contributed by atoms with Crippen molar-refractivity contribution in [3.05, 3.63) is 75.9 Å². The van der Waals surface area contributed by atoms with Crippen molar-refractivity contribution < 1.29 is 34.4 Å². The molecule has 37 heavy (non-hydrogen) atoms. The summed E-state index contributed by atoms with van der Waals surface area (Å²) in [6.07, 6.45) is -1.62.